The molecule has 0 spiro atoms. The van der Waals surface area contributed by atoms with Crippen LogP contribution in [0, 0.1) is 12.7 Å². The largest absolute Gasteiger partial charge is 0.458 e. The molecule has 0 fully saturated rings. The van der Waals surface area contributed by atoms with Crippen molar-refractivity contribution >= 4 is 11.0 Å². The molecule has 1 heterocycles. The van der Waals surface area contributed by atoms with Crippen LogP contribution in [0.1, 0.15) is 29.4 Å². The van der Waals surface area contributed by atoms with Crippen molar-refractivity contribution in [1.82, 2.24) is 0 Å². The topological polar surface area (TPSA) is 33.4 Å². The van der Waals surface area contributed by atoms with Gasteiger partial charge in [0.05, 0.1) is 0 Å². The molecule has 2 nitrogen and oxygen atoms in total. The van der Waals surface area contributed by atoms with E-state index >= 15 is 0 Å². The van der Waals surface area contributed by atoms with E-state index < -0.39 is 6.10 Å². The minimum absolute atomic E-state index is 0.302. The Hall–Kier alpha value is -2.13. The Morgan fingerprint density at radius 2 is 2.00 bits per heavy atom. The van der Waals surface area contributed by atoms with Gasteiger partial charge in [-0.1, -0.05) is 29.8 Å². The van der Waals surface area contributed by atoms with Gasteiger partial charge in [-0.15, -0.1) is 0 Å². The molecule has 0 aliphatic heterocycles. The number of benzene rings is 2. The van der Waals surface area contributed by atoms with E-state index in [1.807, 2.05) is 25.1 Å². The molecule has 2 aromatic carbocycles. The number of fused-ring (bicyclic) bond motifs is 1. The highest BCUT2D eigenvalue weighted by atomic mass is 19.1. The van der Waals surface area contributed by atoms with Crippen molar-refractivity contribution in [2.24, 2.45) is 0 Å². The van der Waals surface area contributed by atoms with Crippen LogP contribution < -0.4 is 0 Å². The third-order valence-corrected chi connectivity index (χ3v) is 3.61. The molecule has 21 heavy (non-hydrogen) atoms. The van der Waals surface area contributed by atoms with Gasteiger partial charge in [0.15, 0.2) is 0 Å². The monoisotopic (exact) mass is 284 g/mol. The van der Waals surface area contributed by atoms with Gasteiger partial charge in [-0.3, -0.25) is 0 Å². The van der Waals surface area contributed by atoms with Crippen molar-refractivity contribution in [1.29, 1.82) is 0 Å². The summed E-state index contributed by atoms with van der Waals surface area (Å²) in [5.74, 6) is 0.187. The molecule has 1 N–H and O–H groups in total. The van der Waals surface area contributed by atoms with Gasteiger partial charge in [0.1, 0.15) is 23.3 Å². The van der Waals surface area contributed by atoms with Crippen LogP contribution in [0.2, 0.25) is 0 Å². The third kappa shape index (κ3) is 3.14. The summed E-state index contributed by atoms with van der Waals surface area (Å²) in [6.45, 7) is 2.05. The van der Waals surface area contributed by atoms with E-state index in [4.69, 9.17) is 4.42 Å². The number of hydrogen-bond donors (Lipinski definition) is 1. The van der Waals surface area contributed by atoms with E-state index in [-0.39, 0.29) is 5.82 Å². The molecular weight excluding hydrogens is 267 g/mol. The third-order valence-electron chi connectivity index (χ3n) is 3.61. The Balaban J connectivity index is 1.73. The quantitative estimate of drug-likeness (QED) is 0.762. The Kier molecular flexibility index (Phi) is 3.76. The fraction of sp³-hybridized carbons (Fsp3) is 0.222. The van der Waals surface area contributed by atoms with Gasteiger partial charge in [0.25, 0.3) is 0 Å². The van der Waals surface area contributed by atoms with Crippen LogP contribution in [0.3, 0.4) is 0 Å². The van der Waals surface area contributed by atoms with Crippen LogP contribution in [-0.2, 0) is 6.42 Å². The average molecular weight is 284 g/mol. The average Bonchev–Trinajstić information content (AvgIpc) is 2.88. The molecule has 0 bridgehead atoms. The molecule has 0 saturated carbocycles. The van der Waals surface area contributed by atoms with Crippen molar-refractivity contribution in [2.45, 2.75) is 25.9 Å². The number of furan rings is 1. The summed E-state index contributed by atoms with van der Waals surface area (Å²) in [6, 6.07) is 14.3. The van der Waals surface area contributed by atoms with E-state index in [9.17, 15) is 9.50 Å². The lowest BCUT2D eigenvalue weighted by Gasteiger charge is -2.08. The van der Waals surface area contributed by atoms with Crippen molar-refractivity contribution in [2.75, 3.05) is 0 Å². The van der Waals surface area contributed by atoms with Gasteiger partial charge >= 0.3 is 0 Å². The van der Waals surface area contributed by atoms with E-state index in [2.05, 4.69) is 6.07 Å². The summed E-state index contributed by atoms with van der Waals surface area (Å²) in [7, 11) is 0. The zero-order valence-corrected chi connectivity index (χ0v) is 11.8. The second-order valence-electron chi connectivity index (χ2n) is 5.37. The highest BCUT2D eigenvalue weighted by Crippen LogP contribution is 2.27. The van der Waals surface area contributed by atoms with Gasteiger partial charge in [-0.05, 0) is 49.6 Å². The predicted octanol–water partition coefficient (Wildman–Crippen LogP) is 4.55. The first kappa shape index (κ1) is 13.8. The van der Waals surface area contributed by atoms with Crippen LogP contribution in [0.5, 0.6) is 0 Å². The second kappa shape index (κ2) is 5.70. The predicted molar refractivity (Wildman–Crippen MR) is 80.6 cm³/mol. The second-order valence-corrected chi connectivity index (χ2v) is 5.37. The smallest absolute Gasteiger partial charge is 0.134 e. The number of aryl methyl sites for hydroxylation is 2. The highest BCUT2D eigenvalue weighted by molar-refractivity contribution is 5.77. The van der Waals surface area contributed by atoms with Gasteiger partial charge in [0, 0.05) is 5.39 Å². The standard InChI is InChI=1S/C18H17FO2/c1-12-3-2-4-13(9-12)5-7-16(20)18-11-14-10-15(19)6-8-17(14)21-18/h2-4,6,8-11,16,20H,5,7H2,1H3. The molecule has 0 saturated heterocycles. The van der Waals surface area contributed by atoms with Crippen LogP contribution >= 0.6 is 0 Å². The number of aliphatic hydroxyl groups excluding tert-OH is 1. The molecule has 3 rings (SSSR count). The summed E-state index contributed by atoms with van der Waals surface area (Å²) in [4.78, 5) is 0. The summed E-state index contributed by atoms with van der Waals surface area (Å²) in [5, 5.41) is 10.9. The lowest BCUT2D eigenvalue weighted by atomic mass is 10.0. The van der Waals surface area contributed by atoms with E-state index in [1.54, 1.807) is 12.1 Å². The summed E-state index contributed by atoms with van der Waals surface area (Å²) >= 11 is 0. The number of hydrogen-bond acceptors (Lipinski definition) is 2. The van der Waals surface area contributed by atoms with Gasteiger partial charge in [0.2, 0.25) is 0 Å². The molecule has 1 atom stereocenters. The van der Waals surface area contributed by atoms with Crippen molar-refractivity contribution < 1.29 is 13.9 Å². The zero-order valence-electron chi connectivity index (χ0n) is 11.8. The Labute approximate surface area is 122 Å². The zero-order chi connectivity index (χ0) is 14.8. The van der Waals surface area contributed by atoms with E-state index in [0.29, 0.717) is 23.2 Å². The minimum Gasteiger partial charge on any atom is -0.458 e. The van der Waals surface area contributed by atoms with Crippen LogP contribution in [0.15, 0.2) is 52.9 Å². The van der Waals surface area contributed by atoms with Crippen molar-refractivity contribution in [3.05, 3.63) is 71.2 Å². The molecule has 0 amide bonds. The lowest BCUT2D eigenvalue weighted by Crippen LogP contribution is -1.98. The minimum atomic E-state index is -0.680. The molecule has 0 aliphatic rings. The molecule has 1 aromatic heterocycles. The fourth-order valence-electron chi connectivity index (χ4n) is 2.51. The van der Waals surface area contributed by atoms with Crippen LogP contribution in [0.4, 0.5) is 4.39 Å². The van der Waals surface area contributed by atoms with Crippen molar-refractivity contribution in [3.63, 3.8) is 0 Å². The number of aliphatic hydroxyl groups is 1. The van der Waals surface area contributed by atoms with E-state index in [0.717, 1.165) is 6.42 Å². The Morgan fingerprint density at radius 1 is 1.14 bits per heavy atom. The summed E-state index contributed by atoms with van der Waals surface area (Å²) < 4.78 is 18.7. The maximum atomic E-state index is 13.2. The van der Waals surface area contributed by atoms with Gasteiger partial charge in [-0.2, -0.15) is 0 Å². The normalized spacial score (nSPS) is 12.7. The SMILES string of the molecule is Cc1cccc(CCC(O)c2cc3cc(F)ccc3o2)c1. The maximum absolute atomic E-state index is 13.2. The van der Waals surface area contributed by atoms with Crippen molar-refractivity contribution in [3.8, 4) is 0 Å². The number of halogens is 1. The number of rotatable bonds is 4. The molecule has 0 aliphatic carbocycles. The highest BCUT2D eigenvalue weighted by Gasteiger charge is 2.14. The van der Waals surface area contributed by atoms with Crippen LogP contribution in [0.25, 0.3) is 11.0 Å². The fourth-order valence-corrected chi connectivity index (χ4v) is 2.51. The van der Waals surface area contributed by atoms with Gasteiger partial charge < -0.3 is 9.52 Å². The molecule has 3 aromatic rings. The molecular formula is C18H17FO2. The molecule has 0 radical (unpaired) electrons. The molecule has 3 heteroatoms. The lowest BCUT2D eigenvalue weighted by molar-refractivity contribution is 0.143. The Morgan fingerprint density at radius 3 is 2.81 bits per heavy atom. The first-order valence-electron chi connectivity index (χ1n) is 7.04. The first-order valence-corrected chi connectivity index (χ1v) is 7.04. The van der Waals surface area contributed by atoms with Crippen LogP contribution in [-0.4, -0.2) is 5.11 Å². The molecule has 1 unspecified atom stereocenters. The molecule has 108 valence electrons. The van der Waals surface area contributed by atoms with E-state index in [1.165, 1.54) is 23.3 Å². The maximum Gasteiger partial charge on any atom is 0.134 e. The first-order chi connectivity index (χ1) is 10.1. The Bertz CT molecular complexity index is 761. The van der Waals surface area contributed by atoms with Gasteiger partial charge in [-0.25, -0.2) is 4.39 Å². The summed E-state index contributed by atoms with van der Waals surface area (Å²) in [6.07, 6.45) is 0.668. The summed E-state index contributed by atoms with van der Waals surface area (Å²) in [5.41, 5.74) is 3.00.